The van der Waals surface area contributed by atoms with Crippen LogP contribution in [0.15, 0.2) is 6.07 Å². The predicted octanol–water partition coefficient (Wildman–Crippen LogP) is 3.02. The molecule has 0 spiro atoms. The quantitative estimate of drug-likeness (QED) is 0.799. The molecular weight excluding hydrogens is 224 g/mol. The van der Waals surface area contributed by atoms with E-state index in [4.69, 9.17) is 4.74 Å². The summed E-state index contributed by atoms with van der Waals surface area (Å²) in [7, 11) is 0. The summed E-state index contributed by atoms with van der Waals surface area (Å²) in [4.78, 5) is 11.5. The van der Waals surface area contributed by atoms with Gasteiger partial charge in [0.05, 0.1) is 6.10 Å². The van der Waals surface area contributed by atoms with Crippen LogP contribution in [0.4, 0.5) is 0 Å². The monoisotopic (exact) mass is 244 g/mol. The zero-order chi connectivity index (χ0) is 12.7. The number of benzene rings is 1. The normalized spacial score (nSPS) is 21.1. The van der Waals surface area contributed by atoms with Crippen LogP contribution in [0.2, 0.25) is 0 Å². The number of Topliss-reactive ketones (excluding diaryl/α,β-unsaturated/α-hetero) is 1. The minimum absolute atomic E-state index is 0.235. The highest BCUT2D eigenvalue weighted by molar-refractivity contribution is 5.80. The number of fused-ring (bicyclic) bond motifs is 2. The SMILES string of the molecule is CC(=O)Cc1c2c(cc3c1OC(C)CC3)CCC2. The first-order valence-electron chi connectivity index (χ1n) is 6.97. The molecule has 0 saturated heterocycles. The third-order valence-corrected chi connectivity index (χ3v) is 4.10. The Morgan fingerprint density at radius 2 is 2.17 bits per heavy atom. The molecule has 0 amide bonds. The van der Waals surface area contributed by atoms with Crippen molar-refractivity contribution in [3.8, 4) is 5.75 Å². The summed E-state index contributed by atoms with van der Waals surface area (Å²) in [6, 6.07) is 2.33. The lowest BCUT2D eigenvalue weighted by atomic mass is 9.91. The van der Waals surface area contributed by atoms with E-state index in [1.54, 1.807) is 6.92 Å². The summed E-state index contributed by atoms with van der Waals surface area (Å²) in [5, 5.41) is 0. The summed E-state index contributed by atoms with van der Waals surface area (Å²) in [5.41, 5.74) is 5.38. The average molecular weight is 244 g/mol. The maximum absolute atomic E-state index is 11.5. The van der Waals surface area contributed by atoms with Gasteiger partial charge >= 0.3 is 0 Å². The van der Waals surface area contributed by atoms with E-state index in [0.29, 0.717) is 6.42 Å². The summed E-state index contributed by atoms with van der Waals surface area (Å²) in [5.74, 6) is 1.27. The van der Waals surface area contributed by atoms with Crippen LogP contribution in [0, 0.1) is 0 Å². The topological polar surface area (TPSA) is 26.3 Å². The van der Waals surface area contributed by atoms with Crippen LogP contribution in [0.1, 0.15) is 48.9 Å². The maximum atomic E-state index is 11.5. The van der Waals surface area contributed by atoms with Gasteiger partial charge < -0.3 is 4.74 Å². The van der Waals surface area contributed by atoms with Gasteiger partial charge in [-0.25, -0.2) is 0 Å². The fourth-order valence-corrected chi connectivity index (χ4v) is 3.27. The molecule has 2 heteroatoms. The summed E-state index contributed by atoms with van der Waals surface area (Å²) >= 11 is 0. The van der Waals surface area contributed by atoms with Crippen molar-refractivity contribution in [2.24, 2.45) is 0 Å². The number of ketones is 1. The van der Waals surface area contributed by atoms with E-state index in [1.807, 2.05) is 0 Å². The van der Waals surface area contributed by atoms with Crippen molar-refractivity contribution in [1.29, 1.82) is 0 Å². The number of rotatable bonds is 2. The Balaban J connectivity index is 2.13. The second-order valence-electron chi connectivity index (χ2n) is 5.68. The van der Waals surface area contributed by atoms with Gasteiger partial charge in [0, 0.05) is 12.0 Å². The molecule has 1 heterocycles. The van der Waals surface area contributed by atoms with Gasteiger partial charge in [-0.15, -0.1) is 0 Å². The Labute approximate surface area is 108 Å². The van der Waals surface area contributed by atoms with E-state index in [1.165, 1.54) is 35.1 Å². The van der Waals surface area contributed by atoms with Gasteiger partial charge in [0.15, 0.2) is 0 Å². The highest BCUT2D eigenvalue weighted by Crippen LogP contribution is 2.39. The largest absolute Gasteiger partial charge is 0.490 e. The first-order valence-corrected chi connectivity index (χ1v) is 6.97. The summed E-state index contributed by atoms with van der Waals surface area (Å²) in [6.07, 6.45) is 6.51. The zero-order valence-electron chi connectivity index (χ0n) is 11.2. The molecule has 1 aromatic rings. The van der Waals surface area contributed by atoms with E-state index in [0.717, 1.165) is 25.0 Å². The number of carbonyl (C=O) groups excluding carboxylic acids is 1. The van der Waals surface area contributed by atoms with Crippen LogP contribution >= 0.6 is 0 Å². The van der Waals surface area contributed by atoms with E-state index in [-0.39, 0.29) is 11.9 Å². The molecule has 0 radical (unpaired) electrons. The molecule has 1 aliphatic carbocycles. The molecule has 0 fully saturated rings. The summed E-state index contributed by atoms with van der Waals surface area (Å²) in [6.45, 7) is 3.79. The summed E-state index contributed by atoms with van der Waals surface area (Å²) < 4.78 is 6.04. The number of ether oxygens (including phenoxy) is 1. The first-order chi connectivity index (χ1) is 8.65. The Hall–Kier alpha value is -1.31. The minimum atomic E-state index is 0.235. The molecule has 18 heavy (non-hydrogen) atoms. The van der Waals surface area contributed by atoms with Crippen molar-refractivity contribution >= 4 is 5.78 Å². The van der Waals surface area contributed by atoms with Crippen molar-refractivity contribution in [2.75, 3.05) is 0 Å². The number of hydrogen-bond acceptors (Lipinski definition) is 2. The van der Waals surface area contributed by atoms with Crippen LogP contribution < -0.4 is 4.74 Å². The molecule has 2 nitrogen and oxygen atoms in total. The highest BCUT2D eigenvalue weighted by Gasteiger charge is 2.26. The molecule has 1 atom stereocenters. The van der Waals surface area contributed by atoms with Crippen LogP contribution in [-0.4, -0.2) is 11.9 Å². The van der Waals surface area contributed by atoms with E-state index in [2.05, 4.69) is 13.0 Å². The lowest BCUT2D eigenvalue weighted by Gasteiger charge is -2.27. The highest BCUT2D eigenvalue weighted by atomic mass is 16.5. The Morgan fingerprint density at radius 1 is 1.33 bits per heavy atom. The van der Waals surface area contributed by atoms with Crippen molar-refractivity contribution in [3.63, 3.8) is 0 Å². The van der Waals surface area contributed by atoms with Gasteiger partial charge in [0.25, 0.3) is 0 Å². The second-order valence-corrected chi connectivity index (χ2v) is 5.68. The van der Waals surface area contributed by atoms with Gasteiger partial charge in [0.2, 0.25) is 0 Å². The predicted molar refractivity (Wildman–Crippen MR) is 71.3 cm³/mol. The molecule has 2 aliphatic rings. The van der Waals surface area contributed by atoms with Gasteiger partial charge in [-0.05, 0) is 62.6 Å². The maximum Gasteiger partial charge on any atom is 0.134 e. The van der Waals surface area contributed by atoms with Gasteiger partial charge in [-0.2, -0.15) is 0 Å². The second kappa shape index (κ2) is 4.42. The van der Waals surface area contributed by atoms with Gasteiger partial charge in [-0.1, -0.05) is 6.07 Å². The smallest absolute Gasteiger partial charge is 0.134 e. The Kier molecular flexibility index (Phi) is 2.89. The molecule has 1 aliphatic heterocycles. The molecule has 1 unspecified atom stereocenters. The van der Waals surface area contributed by atoms with Crippen LogP contribution in [0.25, 0.3) is 0 Å². The van der Waals surface area contributed by atoms with Crippen LogP contribution in [0.3, 0.4) is 0 Å². The molecule has 0 N–H and O–H groups in total. The Morgan fingerprint density at radius 3 is 2.94 bits per heavy atom. The zero-order valence-corrected chi connectivity index (χ0v) is 11.2. The van der Waals surface area contributed by atoms with E-state index < -0.39 is 0 Å². The molecule has 3 rings (SSSR count). The van der Waals surface area contributed by atoms with Crippen molar-refractivity contribution in [1.82, 2.24) is 0 Å². The lowest BCUT2D eigenvalue weighted by molar-refractivity contribution is -0.116. The fraction of sp³-hybridized carbons (Fsp3) is 0.562. The molecule has 0 bridgehead atoms. The van der Waals surface area contributed by atoms with Crippen molar-refractivity contribution in [2.45, 2.75) is 58.5 Å². The number of carbonyl (C=O) groups is 1. The standard InChI is InChI=1S/C16H20O2/c1-10(17)8-15-14-5-3-4-12(14)9-13-7-6-11(2)18-16(13)15/h9,11H,3-8H2,1-2H3. The Bertz CT molecular complexity index is 502. The molecule has 0 aromatic heterocycles. The van der Waals surface area contributed by atoms with Crippen LogP contribution in [0.5, 0.6) is 5.75 Å². The minimum Gasteiger partial charge on any atom is -0.490 e. The molecule has 0 saturated carbocycles. The van der Waals surface area contributed by atoms with Gasteiger partial charge in [-0.3, -0.25) is 4.79 Å². The van der Waals surface area contributed by atoms with Crippen molar-refractivity contribution < 1.29 is 9.53 Å². The molecular formula is C16H20O2. The molecule has 96 valence electrons. The average Bonchev–Trinajstić information content (AvgIpc) is 2.77. The lowest BCUT2D eigenvalue weighted by Crippen LogP contribution is -2.21. The van der Waals surface area contributed by atoms with Crippen molar-refractivity contribution in [3.05, 3.63) is 28.3 Å². The molecule has 1 aromatic carbocycles. The number of aryl methyl sites for hydroxylation is 2. The van der Waals surface area contributed by atoms with E-state index >= 15 is 0 Å². The van der Waals surface area contributed by atoms with Crippen LogP contribution in [-0.2, 0) is 30.5 Å². The third-order valence-electron chi connectivity index (χ3n) is 4.10. The van der Waals surface area contributed by atoms with Gasteiger partial charge in [0.1, 0.15) is 11.5 Å². The van der Waals surface area contributed by atoms with E-state index in [9.17, 15) is 4.79 Å². The first kappa shape index (κ1) is 11.8. The third kappa shape index (κ3) is 1.94. The fourth-order valence-electron chi connectivity index (χ4n) is 3.27. The number of hydrogen-bond donors (Lipinski definition) is 0.